The Morgan fingerprint density at radius 1 is 0.906 bits per heavy atom. The van der Waals surface area contributed by atoms with E-state index in [1.54, 1.807) is 12.1 Å². The van der Waals surface area contributed by atoms with Gasteiger partial charge in [-0.2, -0.15) is 0 Å². The van der Waals surface area contributed by atoms with Crippen LogP contribution < -0.4 is 24.6 Å². The van der Waals surface area contributed by atoms with Gasteiger partial charge in [0.1, 0.15) is 36.1 Å². The third-order valence-electron chi connectivity index (χ3n) is 10.2. The summed E-state index contributed by atoms with van der Waals surface area (Å²) < 4.78 is 39.0. The highest BCUT2D eigenvalue weighted by Crippen LogP contribution is 2.35. The number of halogens is 1. The number of ether oxygens (including phenoxy) is 4. The lowest BCUT2D eigenvalue weighted by Gasteiger charge is -2.38. The van der Waals surface area contributed by atoms with Gasteiger partial charge in [-0.25, -0.2) is 4.39 Å². The summed E-state index contributed by atoms with van der Waals surface area (Å²) in [4.78, 5) is 17.7. The van der Waals surface area contributed by atoms with Gasteiger partial charge < -0.3 is 44.3 Å². The summed E-state index contributed by atoms with van der Waals surface area (Å²) >= 11 is 0. The van der Waals surface area contributed by atoms with Gasteiger partial charge in [0, 0.05) is 50.8 Å². The van der Waals surface area contributed by atoms with Crippen molar-refractivity contribution < 1.29 is 38.3 Å². The van der Waals surface area contributed by atoms with Crippen LogP contribution in [0.5, 0.6) is 11.5 Å². The number of hydrogen-bond acceptors (Lipinski definition) is 10. The zero-order valence-electron chi connectivity index (χ0n) is 29.9. The van der Waals surface area contributed by atoms with Crippen LogP contribution in [0.15, 0.2) is 91.0 Å². The first-order valence-electron chi connectivity index (χ1n) is 18.5. The van der Waals surface area contributed by atoms with Crippen molar-refractivity contribution in [3.63, 3.8) is 0 Å². The van der Waals surface area contributed by atoms with Crippen molar-refractivity contribution >= 4 is 17.3 Å². The number of hydrogen-bond donors (Lipinski definition) is 3. The van der Waals surface area contributed by atoms with Gasteiger partial charge in [0.05, 0.1) is 44.5 Å². The number of carbonyl (C=O) groups is 1. The first kappa shape index (κ1) is 36.7. The van der Waals surface area contributed by atoms with Crippen LogP contribution in [0.2, 0.25) is 0 Å². The second-order valence-electron chi connectivity index (χ2n) is 14.0. The Morgan fingerprint density at radius 3 is 2.57 bits per heavy atom. The van der Waals surface area contributed by atoms with Crippen molar-refractivity contribution in [2.75, 3.05) is 62.3 Å². The lowest BCUT2D eigenvalue weighted by molar-refractivity contribution is -0.153. The van der Waals surface area contributed by atoms with Crippen LogP contribution in [-0.4, -0.2) is 87.0 Å². The molecule has 53 heavy (non-hydrogen) atoms. The number of aliphatic hydroxyl groups is 2. The van der Waals surface area contributed by atoms with Crippen LogP contribution in [0, 0.1) is 5.82 Å². The van der Waals surface area contributed by atoms with Gasteiger partial charge in [0.2, 0.25) is 0 Å². The minimum absolute atomic E-state index is 0.0290. The highest BCUT2D eigenvalue weighted by atomic mass is 19.1. The number of piperidine rings is 1. The molecule has 2 fully saturated rings. The van der Waals surface area contributed by atoms with Gasteiger partial charge in [-0.1, -0.05) is 48.5 Å². The van der Waals surface area contributed by atoms with E-state index >= 15 is 0 Å². The van der Waals surface area contributed by atoms with Gasteiger partial charge in [-0.05, 0) is 71.1 Å². The predicted octanol–water partition coefficient (Wildman–Crippen LogP) is 4.98. The Balaban J connectivity index is 1.06. The Kier molecular flexibility index (Phi) is 12.1. The first-order chi connectivity index (χ1) is 25.9. The highest BCUT2D eigenvalue weighted by Gasteiger charge is 2.38. The quantitative estimate of drug-likeness (QED) is 0.154. The second-order valence-corrected chi connectivity index (χ2v) is 14.0. The number of anilines is 2. The van der Waals surface area contributed by atoms with Crippen molar-refractivity contribution in [2.45, 2.75) is 56.7 Å². The normalized spacial score (nSPS) is 21.2. The summed E-state index contributed by atoms with van der Waals surface area (Å²) in [6.07, 6.45) is 0.774. The topological polar surface area (TPSA) is 113 Å². The number of esters is 1. The molecule has 0 radical (unpaired) electrons. The standard InChI is InChI=1S/C42H48FN3O7/c43-33-6-2-7-34(23-33)46-16-14-36(26-46)52-35-11-9-32(10-12-35)42-39(24-44-25-40(42)53-41(49)22-29-4-1-5-30(20-29)27-48)51-28-31-8-13-38-37(21-31)45(15-3-18-47)17-19-50-38/h1-2,4-13,20-21,23,36,39-40,42,44,47-48H,3,14-19,22,24-28H2. The second kappa shape index (κ2) is 17.4. The van der Waals surface area contributed by atoms with Crippen molar-refractivity contribution in [2.24, 2.45) is 0 Å². The van der Waals surface area contributed by atoms with E-state index < -0.39 is 6.10 Å². The maximum atomic E-state index is 13.8. The first-order valence-corrected chi connectivity index (χ1v) is 18.5. The lowest BCUT2D eigenvalue weighted by Crippen LogP contribution is -2.51. The molecule has 4 atom stereocenters. The molecule has 4 unspecified atom stereocenters. The Labute approximate surface area is 310 Å². The SMILES string of the molecule is O=C(Cc1cccc(CO)c1)OC1CNCC(OCc2ccc3c(c2)N(CCCO)CCO3)C1c1ccc(OC2CCN(c3cccc(F)c3)C2)cc1. The van der Waals surface area contributed by atoms with Gasteiger partial charge in [-0.15, -0.1) is 0 Å². The van der Waals surface area contributed by atoms with Crippen LogP contribution in [0.3, 0.4) is 0 Å². The smallest absolute Gasteiger partial charge is 0.310 e. The predicted molar refractivity (Wildman–Crippen MR) is 200 cm³/mol. The van der Waals surface area contributed by atoms with Crippen LogP contribution >= 0.6 is 0 Å². The minimum atomic E-state index is -0.491. The average Bonchev–Trinajstić information content (AvgIpc) is 3.65. The molecule has 10 nitrogen and oxygen atoms in total. The zero-order valence-corrected chi connectivity index (χ0v) is 29.9. The number of nitrogens with zero attached hydrogens (tertiary/aromatic N) is 2. The summed E-state index contributed by atoms with van der Waals surface area (Å²) in [6.45, 7) is 5.00. The fourth-order valence-corrected chi connectivity index (χ4v) is 7.58. The van der Waals surface area contributed by atoms with E-state index in [1.807, 2.05) is 66.7 Å². The molecular weight excluding hydrogens is 677 g/mol. The van der Waals surface area contributed by atoms with Gasteiger partial charge in [0.25, 0.3) is 0 Å². The summed E-state index contributed by atoms with van der Waals surface area (Å²) in [6, 6.07) is 28.1. The monoisotopic (exact) mass is 725 g/mol. The van der Waals surface area contributed by atoms with E-state index in [0.717, 1.165) is 71.2 Å². The molecule has 0 aliphatic carbocycles. The molecule has 0 saturated carbocycles. The van der Waals surface area contributed by atoms with E-state index in [-0.39, 0.29) is 49.5 Å². The van der Waals surface area contributed by atoms with E-state index in [9.17, 15) is 19.4 Å². The van der Waals surface area contributed by atoms with Crippen LogP contribution in [-0.2, 0) is 33.9 Å². The van der Waals surface area contributed by atoms with Crippen LogP contribution in [0.25, 0.3) is 0 Å². The molecule has 3 aliphatic rings. The van der Waals surface area contributed by atoms with Crippen LogP contribution in [0.1, 0.15) is 41.0 Å². The number of fused-ring (bicyclic) bond motifs is 1. The number of aliphatic hydroxyl groups excluding tert-OH is 2. The number of nitrogens with one attached hydrogen (secondary N) is 1. The van der Waals surface area contributed by atoms with Crippen molar-refractivity contribution in [3.05, 3.63) is 119 Å². The van der Waals surface area contributed by atoms with Crippen molar-refractivity contribution in [3.8, 4) is 11.5 Å². The molecule has 4 aromatic rings. The van der Waals surface area contributed by atoms with Crippen molar-refractivity contribution in [1.29, 1.82) is 0 Å². The third kappa shape index (κ3) is 9.28. The molecule has 0 spiro atoms. The molecule has 0 amide bonds. The average molecular weight is 726 g/mol. The molecule has 7 rings (SSSR count). The van der Waals surface area contributed by atoms with Crippen molar-refractivity contribution in [1.82, 2.24) is 5.32 Å². The number of benzene rings is 4. The Morgan fingerprint density at radius 2 is 1.74 bits per heavy atom. The molecule has 3 N–H and O–H groups in total. The maximum Gasteiger partial charge on any atom is 0.310 e. The molecule has 11 heteroatoms. The Bertz CT molecular complexity index is 1820. The largest absolute Gasteiger partial charge is 0.490 e. The van der Waals surface area contributed by atoms with E-state index in [0.29, 0.717) is 39.3 Å². The van der Waals surface area contributed by atoms with Gasteiger partial charge >= 0.3 is 5.97 Å². The summed E-state index contributed by atoms with van der Waals surface area (Å²) in [5.41, 5.74) is 5.35. The van der Waals surface area contributed by atoms with E-state index in [1.165, 1.54) is 6.07 Å². The fourth-order valence-electron chi connectivity index (χ4n) is 7.58. The molecular formula is C42H48FN3O7. The molecule has 3 heterocycles. The lowest BCUT2D eigenvalue weighted by atomic mass is 9.85. The Hall–Kier alpha value is -4.68. The summed E-state index contributed by atoms with van der Waals surface area (Å²) in [7, 11) is 0. The molecule has 280 valence electrons. The van der Waals surface area contributed by atoms with E-state index in [4.69, 9.17) is 18.9 Å². The number of carbonyl (C=O) groups excluding carboxylic acids is 1. The molecule has 2 saturated heterocycles. The van der Waals surface area contributed by atoms with Crippen LogP contribution in [0.4, 0.5) is 15.8 Å². The summed E-state index contributed by atoms with van der Waals surface area (Å²) in [5, 5.41) is 22.4. The zero-order chi connectivity index (χ0) is 36.6. The minimum Gasteiger partial charge on any atom is -0.490 e. The highest BCUT2D eigenvalue weighted by molar-refractivity contribution is 5.73. The third-order valence-corrected chi connectivity index (χ3v) is 10.2. The molecule has 0 bridgehead atoms. The van der Waals surface area contributed by atoms with Gasteiger partial charge in [-0.3, -0.25) is 4.79 Å². The molecule has 0 aromatic heterocycles. The molecule has 4 aromatic carbocycles. The fraction of sp³-hybridized carbons (Fsp3) is 0.405. The maximum absolute atomic E-state index is 13.8. The van der Waals surface area contributed by atoms with E-state index in [2.05, 4.69) is 21.2 Å². The molecule has 3 aliphatic heterocycles. The van der Waals surface area contributed by atoms with Gasteiger partial charge in [0.15, 0.2) is 0 Å². The summed E-state index contributed by atoms with van der Waals surface area (Å²) in [5.74, 6) is 0.716. The number of rotatable bonds is 14.